The van der Waals surface area contributed by atoms with Gasteiger partial charge in [0.05, 0.1) is 12.5 Å². The van der Waals surface area contributed by atoms with E-state index in [1.807, 2.05) is 4.90 Å². The van der Waals surface area contributed by atoms with Gasteiger partial charge in [0.2, 0.25) is 5.91 Å². The van der Waals surface area contributed by atoms with E-state index in [0.717, 1.165) is 25.9 Å². The Balaban J connectivity index is 1.95. The molecule has 0 radical (unpaired) electrons. The van der Waals surface area contributed by atoms with Crippen molar-refractivity contribution in [3.63, 3.8) is 0 Å². The predicted octanol–water partition coefficient (Wildman–Crippen LogP) is -0.668. The SMILES string of the molecule is O=C1C[C@H](O)CN1C1CCNCC1. The monoisotopic (exact) mass is 184 g/mol. The molecule has 74 valence electrons. The van der Waals surface area contributed by atoms with Crippen molar-refractivity contribution in [2.75, 3.05) is 19.6 Å². The van der Waals surface area contributed by atoms with E-state index >= 15 is 0 Å². The zero-order chi connectivity index (χ0) is 9.26. The summed E-state index contributed by atoms with van der Waals surface area (Å²) in [6, 6.07) is 0.367. The number of carbonyl (C=O) groups is 1. The van der Waals surface area contributed by atoms with Crippen molar-refractivity contribution in [1.82, 2.24) is 10.2 Å². The molecule has 4 nitrogen and oxygen atoms in total. The van der Waals surface area contributed by atoms with Crippen LogP contribution in [-0.2, 0) is 4.79 Å². The van der Waals surface area contributed by atoms with Gasteiger partial charge >= 0.3 is 0 Å². The minimum Gasteiger partial charge on any atom is -0.391 e. The van der Waals surface area contributed by atoms with Crippen LogP contribution in [0.3, 0.4) is 0 Å². The Labute approximate surface area is 77.9 Å². The smallest absolute Gasteiger partial charge is 0.225 e. The normalized spacial score (nSPS) is 31.3. The van der Waals surface area contributed by atoms with E-state index in [0.29, 0.717) is 19.0 Å². The maximum Gasteiger partial charge on any atom is 0.225 e. The summed E-state index contributed by atoms with van der Waals surface area (Å²) in [6.45, 7) is 2.53. The molecule has 2 fully saturated rings. The third-order valence-corrected chi connectivity index (χ3v) is 2.89. The molecule has 0 aliphatic carbocycles. The number of piperidine rings is 1. The number of nitrogens with zero attached hydrogens (tertiary/aromatic N) is 1. The highest BCUT2D eigenvalue weighted by atomic mass is 16.3. The van der Waals surface area contributed by atoms with E-state index in [1.54, 1.807) is 0 Å². The van der Waals surface area contributed by atoms with Crippen LogP contribution < -0.4 is 5.32 Å². The molecular formula is C9H16N2O2. The highest BCUT2D eigenvalue weighted by molar-refractivity contribution is 5.79. The maximum atomic E-state index is 11.4. The maximum absolute atomic E-state index is 11.4. The van der Waals surface area contributed by atoms with Gasteiger partial charge in [-0.25, -0.2) is 0 Å². The largest absolute Gasteiger partial charge is 0.391 e. The number of aliphatic hydroxyl groups excluding tert-OH is 1. The average Bonchev–Trinajstić information content (AvgIpc) is 2.47. The topological polar surface area (TPSA) is 52.6 Å². The van der Waals surface area contributed by atoms with Crippen LogP contribution >= 0.6 is 0 Å². The summed E-state index contributed by atoms with van der Waals surface area (Å²) in [7, 11) is 0. The zero-order valence-electron chi connectivity index (χ0n) is 7.70. The Kier molecular flexibility index (Phi) is 2.51. The van der Waals surface area contributed by atoms with Gasteiger partial charge in [-0.1, -0.05) is 0 Å². The number of β-amino-alcohol motifs (C(OH)–C–C–N with tert-alkyl or cyclic N) is 1. The molecule has 1 amide bonds. The molecule has 0 saturated carbocycles. The first kappa shape index (κ1) is 8.97. The van der Waals surface area contributed by atoms with Gasteiger partial charge in [0.15, 0.2) is 0 Å². The molecule has 4 heteroatoms. The molecule has 2 rings (SSSR count). The van der Waals surface area contributed by atoms with Gasteiger partial charge in [0.1, 0.15) is 0 Å². The second-order valence-electron chi connectivity index (χ2n) is 3.89. The minimum atomic E-state index is -0.428. The fourth-order valence-electron chi connectivity index (χ4n) is 2.18. The molecule has 0 aromatic rings. The molecule has 0 bridgehead atoms. The third-order valence-electron chi connectivity index (χ3n) is 2.89. The molecular weight excluding hydrogens is 168 g/mol. The van der Waals surface area contributed by atoms with Crippen molar-refractivity contribution in [2.24, 2.45) is 0 Å². The van der Waals surface area contributed by atoms with E-state index in [-0.39, 0.29) is 5.91 Å². The van der Waals surface area contributed by atoms with E-state index < -0.39 is 6.10 Å². The Bertz CT molecular complexity index is 202. The number of amides is 1. The second-order valence-corrected chi connectivity index (χ2v) is 3.89. The number of rotatable bonds is 1. The van der Waals surface area contributed by atoms with E-state index in [2.05, 4.69) is 5.32 Å². The van der Waals surface area contributed by atoms with Crippen molar-refractivity contribution in [3.05, 3.63) is 0 Å². The van der Waals surface area contributed by atoms with Gasteiger partial charge in [-0.05, 0) is 25.9 Å². The molecule has 1 atom stereocenters. The van der Waals surface area contributed by atoms with E-state index in [9.17, 15) is 9.90 Å². The third kappa shape index (κ3) is 1.84. The van der Waals surface area contributed by atoms with Crippen molar-refractivity contribution in [3.8, 4) is 0 Å². The summed E-state index contributed by atoms with van der Waals surface area (Å²) in [5, 5.41) is 12.6. The van der Waals surface area contributed by atoms with Crippen LogP contribution in [0.25, 0.3) is 0 Å². The number of likely N-dealkylation sites (tertiary alicyclic amines) is 1. The number of aliphatic hydroxyl groups is 1. The van der Waals surface area contributed by atoms with Crippen LogP contribution in [-0.4, -0.2) is 47.7 Å². The van der Waals surface area contributed by atoms with Crippen molar-refractivity contribution < 1.29 is 9.90 Å². The van der Waals surface area contributed by atoms with Crippen molar-refractivity contribution >= 4 is 5.91 Å². The highest BCUT2D eigenvalue weighted by Crippen LogP contribution is 2.19. The first-order valence-electron chi connectivity index (χ1n) is 4.95. The Morgan fingerprint density at radius 1 is 1.38 bits per heavy atom. The number of hydrogen-bond donors (Lipinski definition) is 2. The lowest BCUT2D eigenvalue weighted by atomic mass is 10.1. The van der Waals surface area contributed by atoms with Crippen LogP contribution in [0.4, 0.5) is 0 Å². The van der Waals surface area contributed by atoms with Gasteiger partial charge in [-0.2, -0.15) is 0 Å². The van der Waals surface area contributed by atoms with Crippen LogP contribution in [0.2, 0.25) is 0 Å². The second kappa shape index (κ2) is 3.64. The summed E-state index contributed by atoms with van der Waals surface area (Å²) >= 11 is 0. The first-order valence-corrected chi connectivity index (χ1v) is 4.95. The van der Waals surface area contributed by atoms with Crippen LogP contribution in [0, 0.1) is 0 Å². The molecule has 13 heavy (non-hydrogen) atoms. The van der Waals surface area contributed by atoms with Gasteiger partial charge in [0, 0.05) is 12.6 Å². The molecule has 2 aliphatic rings. The summed E-state index contributed by atoms with van der Waals surface area (Å²) < 4.78 is 0. The highest BCUT2D eigenvalue weighted by Gasteiger charge is 2.33. The Hall–Kier alpha value is -0.610. The lowest BCUT2D eigenvalue weighted by Crippen LogP contribution is -2.44. The van der Waals surface area contributed by atoms with Gasteiger partial charge in [-0.15, -0.1) is 0 Å². The van der Waals surface area contributed by atoms with Gasteiger partial charge < -0.3 is 15.3 Å². The lowest BCUT2D eigenvalue weighted by molar-refractivity contribution is -0.130. The standard InChI is InChI=1S/C9H16N2O2/c12-8-5-9(13)11(6-8)7-1-3-10-4-2-7/h7-8,10,12H,1-6H2/t8-/m0/s1. The molecule has 0 unspecified atom stereocenters. The van der Waals surface area contributed by atoms with Crippen molar-refractivity contribution in [1.29, 1.82) is 0 Å². The van der Waals surface area contributed by atoms with Gasteiger partial charge in [-0.3, -0.25) is 4.79 Å². The molecule has 2 aliphatic heterocycles. The molecule has 0 spiro atoms. The van der Waals surface area contributed by atoms with Crippen LogP contribution in [0.15, 0.2) is 0 Å². The summed E-state index contributed by atoms with van der Waals surface area (Å²) in [5.74, 6) is 0.124. The van der Waals surface area contributed by atoms with Crippen LogP contribution in [0.5, 0.6) is 0 Å². The summed E-state index contributed by atoms with van der Waals surface area (Å²) in [4.78, 5) is 13.3. The quantitative estimate of drug-likeness (QED) is 0.568. The number of nitrogens with one attached hydrogen (secondary N) is 1. The number of carbonyl (C=O) groups excluding carboxylic acids is 1. The van der Waals surface area contributed by atoms with Gasteiger partial charge in [0.25, 0.3) is 0 Å². The molecule has 2 N–H and O–H groups in total. The van der Waals surface area contributed by atoms with Crippen molar-refractivity contribution in [2.45, 2.75) is 31.4 Å². The molecule has 0 aromatic heterocycles. The molecule has 0 aromatic carbocycles. The first-order chi connectivity index (χ1) is 6.27. The minimum absolute atomic E-state index is 0.124. The average molecular weight is 184 g/mol. The zero-order valence-corrected chi connectivity index (χ0v) is 7.70. The Morgan fingerprint density at radius 2 is 2.08 bits per heavy atom. The number of hydrogen-bond acceptors (Lipinski definition) is 3. The lowest BCUT2D eigenvalue weighted by Gasteiger charge is -2.31. The molecule has 2 saturated heterocycles. The molecule has 2 heterocycles. The van der Waals surface area contributed by atoms with E-state index in [4.69, 9.17) is 0 Å². The fourth-order valence-corrected chi connectivity index (χ4v) is 2.18. The summed E-state index contributed by atoms with van der Waals surface area (Å²) in [5.41, 5.74) is 0. The van der Waals surface area contributed by atoms with Crippen LogP contribution in [0.1, 0.15) is 19.3 Å². The predicted molar refractivity (Wildman–Crippen MR) is 48.2 cm³/mol. The fraction of sp³-hybridized carbons (Fsp3) is 0.889. The Morgan fingerprint density at radius 3 is 2.62 bits per heavy atom. The summed E-state index contributed by atoms with van der Waals surface area (Å²) in [6.07, 6.45) is 1.95. The van der Waals surface area contributed by atoms with E-state index in [1.165, 1.54) is 0 Å².